The van der Waals surface area contributed by atoms with Gasteiger partial charge in [0, 0.05) is 5.69 Å². The topological polar surface area (TPSA) is 95.9 Å². The Morgan fingerprint density at radius 2 is 1.87 bits per heavy atom. The van der Waals surface area contributed by atoms with Crippen LogP contribution in [0.15, 0.2) is 72.1 Å². The Hall–Kier alpha value is -3.90. The third-order valence-electron chi connectivity index (χ3n) is 5.90. The number of nitrogens with zero attached hydrogens (tertiary/aromatic N) is 1. The minimum absolute atomic E-state index is 0.0147. The van der Waals surface area contributed by atoms with Gasteiger partial charge in [-0.3, -0.25) is 9.10 Å². The van der Waals surface area contributed by atoms with Gasteiger partial charge in [-0.05, 0) is 61.0 Å². The van der Waals surface area contributed by atoms with Crippen molar-refractivity contribution >= 4 is 33.4 Å². The largest absolute Gasteiger partial charge is 0.484 e. The van der Waals surface area contributed by atoms with E-state index in [4.69, 9.17) is 4.74 Å². The number of carbonyl (C=O) groups is 1. The van der Waals surface area contributed by atoms with Gasteiger partial charge in [-0.15, -0.1) is 0 Å². The van der Waals surface area contributed by atoms with Gasteiger partial charge in [0.15, 0.2) is 0 Å². The van der Waals surface area contributed by atoms with Crippen molar-refractivity contribution in [1.82, 2.24) is 0 Å². The Morgan fingerprint density at radius 1 is 1.18 bits per heavy atom. The van der Waals surface area contributed by atoms with E-state index in [-0.39, 0.29) is 34.1 Å². The van der Waals surface area contributed by atoms with Gasteiger partial charge >= 0.3 is 6.18 Å². The Balaban J connectivity index is 1.76. The van der Waals surface area contributed by atoms with Crippen molar-refractivity contribution in [3.05, 3.63) is 89.8 Å². The molecule has 0 bridgehead atoms. The number of nitrogens with one attached hydrogen (secondary N) is 1. The molecule has 0 aromatic heterocycles. The van der Waals surface area contributed by atoms with Crippen LogP contribution in [-0.4, -0.2) is 38.2 Å². The molecule has 0 saturated carbocycles. The lowest BCUT2D eigenvalue weighted by Gasteiger charge is -2.36. The number of aliphatic hydroxyl groups excluding tert-OH is 1. The lowest BCUT2D eigenvalue weighted by Crippen LogP contribution is -2.47. The van der Waals surface area contributed by atoms with E-state index in [0.717, 1.165) is 46.8 Å². The molecule has 0 spiro atoms. The highest BCUT2D eigenvalue weighted by molar-refractivity contribution is 7.92. The SMILES string of the molecule is C=Cc1cccc(C(F)(F)F)c1C(=O)Nc1ccc2c(c1)N(S(=O)(=O)c1ccc(F)cc1)C[C@H]([C@@H](C)O)O2. The molecule has 1 aliphatic heterocycles. The fourth-order valence-electron chi connectivity index (χ4n) is 3.99. The van der Waals surface area contributed by atoms with Crippen LogP contribution in [0.4, 0.5) is 28.9 Å². The standard InChI is InChI=1S/C26H22F4N2O5S/c1-3-16-5-4-6-20(26(28,29)30)24(16)25(34)31-18-9-12-22-21(13-18)32(14-23(37-22)15(2)33)38(35,36)19-10-7-17(27)8-11-19/h3-13,15,23,33H,1,14H2,2H3,(H,31,34)/t15-,23-/m1/s1. The van der Waals surface area contributed by atoms with E-state index in [2.05, 4.69) is 11.9 Å². The molecule has 1 aliphatic rings. The highest BCUT2D eigenvalue weighted by Gasteiger charge is 2.38. The molecule has 3 aromatic rings. The maximum atomic E-state index is 13.6. The highest BCUT2D eigenvalue weighted by atomic mass is 32.2. The summed E-state index contributed by atoms with van der Waals surface area (Å²) < 4.78 is 87.8. The smallest absolute Gasteiger partial charge is 0.417 e. The molecule has 0 saturated heterocycles. The van der Waals surface area contributed by atoms with Crippen molar-refractivity contribution in [2.75, 3.05) is 16.2 Å². The summed E-state index contributed by atoms with van der Waals surface area (Å²) in [5.41, 5.74) is -1.89. The number of fused-ring (bicyclic) bond motifs is 1. The second-order valence-corrected chi connectivity index (χ2v) is 10.4. The van der Waals surface area contributed by atoms with Gasteiger partial charge in [0.2, 0.25) is 0 Å². The molecule has 0 aliphatic carbocycles. The van der Waals surface area contributed by atoms with E-state index in [1.54, 1.807) is 0 Å². The molecule has 7 nitrogen and oxygen atoms in total. The fourth-order valence-corrected chi connectivity index (χ4v) is 5.47. The number of amides is 1. The zero-order chi connectivity index (χ0) is 27.8. The van der Waals surface area contributed by atoms with E-state index < -0.39 is 51.3 Å². The first-order valence-electron chi connectivity index (χ1n) is 11.2. The summed E-state index contributed by atoms with van der Waals surface area (Å²) in [5.74, 6) is -1.68. The van der Waals surface area contributed by atoms with E-state index in [9.17, 15) is 35.9 Å². The predicted octanol–water partition coefficient (Wildman–Crippen LogP) is 5.08. The van der Waals surface area contributed by atoms with Crippen LogP contribution in [0.25, 0.3) is 6.08 Å². The second kappa shape index (κ2) is 10.1. The molecule has 1 heterocycles. The van der Waals surface area contributed by atoms with Gasteiger partial charge < -0.3 is 15.2 Å². The first-order valence-corrected chi connectivity index (χ1v) is 12.7. The Labute approximate surface area is 216 Å². The summed E-state index contributed by atoms with van der Waals surface area (Å²) in [6.07, 6.45) is -5.71. The average Bonchev–Trinajstić information content (AvgIpc) is 2.87. The number of aliphatic hydroxyl groups is 1. The Kier molecular flexibility index (Phi) is 7.22. The number of halogens is 4. The first kappa shape index (κ1) is 27.1. The normalized spacial score (nSPS) is 16.3. The molecule has 4 rings (SSSR count). The molecule has 38 heavy (non-hydrogen) atoms. The van der Waals surface area contributed by atoms with Gasteiger partial charge in [0.05, 0.1) is 34.4 Å². The van der Waals surface area contributed by atoms with Gasteiger partial charge in [-0.2, -0.15) is 13.2 Å². The summed E-state index contributed by atoms with van der Waals surface area (Å²) in [4.78, 5) is 12.8. The second-order valence-electron chi connectivity index (χ2n) is 8.50. The molecule has 2 N–H and O–H groups in total. The molecular formula is C26H22F4N2O5S. The number of hydrogen-bond donors (Lipinski definition) is 2. The number of alkyl halides is 3. The molecule has 0 fully saturated rings. The van der Waals surface area contributed by atoms with Crippen LogP contribution in [-0.2, 0) is 16.2 Å². The molecule has 12 heteroatoms. The Morgan fingerprint density at radius 3 is 2.47 bits per heavy atom. The fraction of sp³-hybridized carbons (Fsp3) is 0.192. The average molecular weight is 551 g/mol. The van der Waals surface area contributed by atoms with Crippen LogP contribution in [0.2, 0.25) is 0 Å². The summed E-state index contributed by atoms with van der Waals surface area (Å²) >= 11 is 0. The molecule has 2 atom stereocenters. The van der Waals surface area contributed by atoms with Crippen LogP contribution in [0.3, 0.4) is 0 Å². The minimum atomic E-state index is -4.81. The van der Waals surface area contributed by atoms with Crippen LogP contribution >= 0.6 is 0 Å². The summed E-state index contributed by atoms with van der Waals surface area (Å²) in [5, 5.41) is 12.5. The van der Waals surface area contributed by atoms with Gasteiger partial charge in [-0.25, -0.2) is 12.8 Å². The molecule has 0 radical (unpaired) electrons. The molecular weight excluding hydrogens is 528 g/mol. The van der Waals surface area contributed by atoms with Gasteiger partial charge in [0.25, 0.3) is 15.9 Å². The number of carbonyl (C=O) groups excluding carboxylic acids is 1. The van der Waals surface area contributed by atoms with Crippen molar-refractivity contribution in [3.63, 3.8) is 0 Å². The number of ether oxygens (including phenoxy) is 1. The molecule has 200 valence electrons. The van der Waals surface area contributed by atoms with Crippen molar-refractivity contribution in [1.29, 1.82) is 0 Å². The summed E-state index contributed by atoms with van der Waals surface area (Å²) in [6, 6.07) is 11.2. The number of rotatable bonds is 6. The van der Waals surface area contributed by atoms with Crippen molar-refractivity contribution in [2.45, 2.75) is 30.2 Å². The van der Waals surface area contributed by atoms with E-state index in [1.165, 1.54) is 31.2 Å². The lowest BCUT2D eigenvalue weighted by atomic mass is 9.99. The molecule has 1 amide bonds. The monoisotopic (exact) mass is 550 g/mol. The zero-order valence-electron chi connectivity index (χ0n) is 19.9. The minimum Gasteiger partial charge on any atom is -0.484 e. The number of anilines is 2. The van der Waals surface area contributed by atoms with E-state index >= 15 is 0 Å². The first-order chi connectivity index (χ1) is 17.8. The van der Waals surface area contributed by atoms with Crippen LogP contribution < -0.4 is 14.4 Å². The Bertz CT molecular complexity index is 1490. The third kappa shape index (κ3) is 5.22. The molecule has 3 aromatic carbocycles. The van der Waals surface area contributed by atoms with Gasteiger partial charge in [0.1, 0.15) is 17.7 Å². The van der Waals surface area contributed by atoms with E-state index in [0.29, 0.717) is 0 Å². The summed E-state index contributed by atoms with van der Waals surface area (Å²) in [7, 11) is -4.29. The number of sulfonamides is 1. The van der Waals surface area contributed by atoms with Crippen molar-refractivity contribution in [3.8, 4) is 5.75 Å². The third-order valence-corrected chi connectivity index (χ3v) is 7.69. The quantitative estimate of drug-likeness (QED) is 0.418. The lowest BCUT2D eigenvalue weighted by molar-refractivity contribution is -0.137. The number of hydrogen-bond acceptors (Lipinski definition) is 5. The maximum Gasteiger partial charge on any atom is 0.417 e. The van der Waals surface area contributed by atoms with Crippen LogP contribution in [0, 0.1) is 5.82 Å². The van der Waals surface area contributed by atoms with Gasteiger partial charge in [-0.1, -0.05) is 24.8 Å². The van der Waals surface area contributed by atoms with Crippen molar-refractivity contribution < 1.29 is 40.6 Å². The van der Waals surface area contributed by atoms with Crippen LogP contribution in [0.5, 0.6) is 5.75 Å². The van der Waals surface area contributed by atoms with E-state index in [1.807, 2.05) is 0 Å². The molecule has 0 unspecified atom stereocenters. The highest BCUT2D eigenvalue weighted by Crippen LogP contribution is 2.40. The van der Waals surface area contributed by atoms with Crippen LogP contribution in [0.1, 0.15) is 28.4 Å². The summed E-state index contributed by atoms with van der Waals surface area (Å²) in [6.45, 7) is 4.57. The zero-order valence-corrected chi connectivity index (χ0v) is 20.7. The maximum absolute atomic E-state index is 13.6. The van der Waals surface area contributed by atoms with Crippen molar-refractivity contribution in [2.24, 2.45) is 0 Å². The number of benzene rings is 3. The predicted molar refractivity (Wildman–Crippen MR) is 133 cm³/mol.